The topological polar surface area (TPSA) is 104 Å². The van der Waals surface area contributed by atoms with Gasteiger partial charge in [-0.2, -0.15) is 10.2 Å². The van der Waals surface area contributed by atoms with E-state index in [0.717, 1.165) is 23.7 Å². The molecule has 1 aromatic carbocycles. The lowest BCUT2D eigenvalue weighted by Gasteiger charge is -2.31. The van der Waals surface area contributed by atoms with Gasteiger partial charge in [-0.15, -0.1) is 5.10 Å². The first-order chi connectivity index (χ1) is 15.1. The molecule has 1 saturated heterocycles. The molecule has 10 heteroatoms. The summed E-state index contributed by atoms with van der Waals surface area (Å²) in [4.78, 5) is 31.1. The molecule has 5 rings (SSSR count). The maximum absolute atomic E-state index is 13.1. The quantitative estimate of drug-likeness (QED) is 0.494. The van der Waals surface area contributed by atoms with Crippen LogP contribution in [0.4, 0.5) is 0 Å². The van der Waals surface area contributed by atoms with Crippen molar-refractivity contribution >= 4 is 16.8 Å². The largest absolute Gasteiger partial charge is 0.337 e. The molecule has 1 amide bonds. The number of nitrogens with zero attached hydrogens (tertiary/aromatic N) is 8. The zero-order valence-corrected chi connectivity index (χ0v) is 17.1. The van der Waals surface area contributed by atoms with Crippen molar-refractivity contribution in [3.8, 4) is 5.82 Å². The summed E-state index contributed by atoms with van der Waals surface area (Å²) in [6, 6.07) is 10.9. The van der Waals surface area contributed by atoms with E-state index in [1.807, 2.05) is 36.2 Å². The Bertz CT molecular complexity index is 1280. The summed E-state index contributed by atoms with van der Waals surface area (Å²) in [5.74, 6) is 0.770. The predicted molar refractivity (Wildman–Crippen MR) is 113 cm³/mol. The molecule has 1 aliphatic rings. The average Bonchev–Trinajstić information content (AvgIpc) is 3.44. The van der Waals surface area contributed by atoms with Crippen LogP contribution in [0.5, 0.6) is 0 Å². The zero-order chi connectivity index (χ0) is 21.4. The first kappa shape index (κ1) is 19.2. The molecule has 31 heavy (non-hydrogen) atoms. The van der Waals surface area contributed by atoms with Crippen molar-refractivity contribution < 1.29 is 4.79 Å². The smallest absolute Gasteiger partial charge is 0.275 e. The molecular formula is C21H22N8O2. The lowest BCUT2D eigenvalue weighted by molar-refractivity contribution is 0.0675. The minimum atomic E-state index is -0.151. The summed E-state index contributed by atoms with van der Waals surface area (Å²) in [5, 5.41) is 13.8. The second-order valence-corrected chi connectivity index (χ2v) is 7.78. The molecule has 0 N–H and O–H groups in total. The molecule has 1 aliphatic heterocycles. The SMILES string of the molecule is Cn1nc(C(=O)N2CCC(Cn3nc(-n4cncn4)ccc3=O)CC2)c2ccccc21. The molecule has 3 aromatic heterocycles. The molecule has 0 unspecified atom stereocenters. The fourth-order valence-electron chi connectivity index (χ4n) is 4.10. The van der Waals surface area contributed by atoms with Gasteiger partial charge in [0.1, 0.15) is 12.7 Å². The minimum absolute atomic E-state index is 0.0429. The van der Waals surface area contributed by atoms with Crippen LogP contribution >= 0.6 is 0 Å². The minimum Gasteiger partial charge on any atom is -0.337 e. The van der Waals surface area contributed by atoms with Crippen molar-refractivity contribution in [1.82, 2.24) is 39.2 Å². The summed E-state index contributed by atoms with van der Waals surface area (Å²) in [5.41, 5.74) is 1.29. The highest BCUT2D eigenvalue weighted by atomic mass is 16.2. The number of hydrogen-bond acceptors (Lipinski definition) is 6. The number of hydrogen-bond donors (Lipinski definition) is 0. The van der Waals surface area contributed by atoms with Crippen LogP contribution in [-0.4, -0.2) is 58.2 Å². The van der Waals surface area contributed by atoms with E-state index in [9.17, 15) is 9.59 Å². The molecule has 4 heterocycles. The van der Waals surface area contributed by atoms with Crippen molar-refractivity contribution in [2.24, 2.45) is 13.0 Å². The van der Waals surface area contributed by atoms with Gasteiger partial charge in [-0.1, -0.05) is 18.2 Å². The van der Waals surface area contributed by atoms with Gasteiger partial charge in [0.05, 0.1) is 5.52 Å². The number of carbonyl (C=O) groups is 1. The molecular weight excluding hydrogens is 396 g/mol. The van der Waals surface area contributed by atoms with E-state index in [0.29, 0.717) is 31.1 Å². The number of piperidine rings is 1. The molecule has 0 bridgehead atoms. The second-order valence-electron chi connectivity index (χ2n) is 7.78. The second kappa shape index (κ2) is 7.78. The molecule has 0 atom stereocenters. The van der Waals surface area contributed by atoms with E-state index in [4.69, 9.17) is 0 Å². The van der Waals surface area contributed by atoms with Gasteiger partial charge in [-0.25, -0.2) is 14.3 Å². The number of fused-ring (bicyclic) bond motifs is 1. The van der Waals surface area contributed by atoms with Crippen LogP contribution < -0.4 is 5.56 Å². The Balaban J connectivity index is 1.27. The fourth-order valence-corrected chi connectivity index (χ4v) is 4.10. The maximum atomic E-state index is 13.1. The van der Waals surface area contributed by atoms with Crippen LogP contribution in [0.2, 0.25) is 0 Å². The van der Waals surface area contributed by atoms with Gasteiger partial charge in [0.2, 0.25) is 0 Å². The Morgan fingerprint density at radius 1 is 1.10 bits per heavy atom. The van der Waals surface area contributed by atoms with Gasteiger partial charge in [-0.3, -0.25) is 14.3 Å². The number of para-hydroxylation sites is 1. The Kier molecular flexibility index (Phi) is 4.81. The summed E-state index contributed by atoms with van der Waals surface area (Å²) in [6.45, 7) is 1.77. The number of rotatable bonds is 4. The number of amides is 1. The van der Waals surface area contributed by atoms with E-state index < -0.39 is 0 Å². The third kappa shape index (κ3) is 3.60. The Morgan fingerprint density at radius 3 is 2.68 bits per heavy atom. The van der Waals surface area contributed by atoms with Crippen LogP contribution in [-0.2, 0) is 13.6 Å². The molecule has 0 spiro atoms. The average molecular weight is 418 g/mol. The van der Waals surface area contributed by atoms with Crippen molar-refractivity contribution in [2.45, 2.75) is 19.4 Å². The highest BCUT2D eigenvalue weighted by Gasteiger charge is 2.27. The van der Waals surface area contributed by atoms with E-state index in [1.165, 1.54) is 21.8 Å². The first-order valence-corrected chi connectivity index (χ1v) is 10.2. The van der Waals surface area contributed by atoms with E-state index in [2.05, 4.69) is 20.3 Å². The standard InChI is InChI=1S/C21H22N8O2/c1-26-17-5-3-2-4-16(17)20(25-26)21(31)27-10-8-15(9-11-27)12-28-19(30)7-6-18(24-28)29-14-22-13-23-29/h2-7,13-15H,8-12H2,1H3. The van der Waals surface area contributed by atoms with Gasteiger partial charge < -0.3 is 4.90 Å². The summed E-state index contributed by atoms with van der Waals surface area (Å²) in [7, 11) is 1.85. The number of benzene rings is 1. The van der Waals surface area contributed by atoms with Gasteiger partial charge in [-0.05, 0) is 30.9 Å². The Hall–Kier alpha value is -3.82. The molecule has 0 saturated carbocycles. The van der Waals surface area contributed by atoms with Crippen molar-refractivity contribution in [1.29, 1.82) is 0 Å². The van der Waals surface area contributed by atoms with E-state index in [-0.39, 0.29) is 17.4 Å². The number of aryl methyl sites for hydroxylation is 1. The maximum Gasteiger partial charge on any atom is 0.275 e. The molecule has 158 valence electrons. The van der Waals surface area contributed by atoms with Crippen molar-refractivity contribution in [3.63, 3.8) is 0 Å². The monoisotopic (exact) mass is 418 g/mol. The number of likely N-dealkylation sites (tertiary alicyclic amines) is 1. The summed E-state index contributed by atoms with van der Waals surface area (Å²) >= 11 is 0. The van der Waals surface area contributed by atoms with Crippen LogP contribution in [0.3, 0.4) is 0 Å². The first-order valence-electron chi connectivity index (χ1n) is 10.2. The molecule has 4 aromatic rings. The van der Waals surface area contributed by atoms with Crippen molar-refractivity contribution in [2.75, 3.05) is 13.1 Å². The molecule has 0 radical (unpaired) electrons. The van der Waals surface area contributed by atoms with Gasteiger partial charge >= 0.3 is 0 Å². The summed E-state index contributed by atoms with van der Waals surface area (Å²) in [6.07, 6.45) is 4.58. The summed E-state index contributed by atoms with van der Waals surface area (Å²) < 4.78 is 4.75. The van der Waals surface area contributed by atoms with Gasteiger partial charge in [0, 0.05) is 38.1 Å². The van der Waals surface area contributed by atoms with Crippen LogP contribution in [0.15, 0.2) is 53.8 Å². The predicted octanol–water partition coefficient (Wildman–Crippen LogP) is 1.26. The Labute approximate surface area is 177 Å². The van der Waals surface area contributed by atoms with Gasteiger partial charge in [0.25, 0.3) is 11.5 Å². The highest BCUT2D eigenvalue weighted by molar-refractivity contribution is 6.04. The van der Waals surface area contributed by atoms with Crippen LogP contribution in [0.1, 0.15) is 23.3 Å². The molecule has 10 nitrogen and oxygen atoms in total. The van der Waals surface area contributed by atoms with E-state index in [1.54, 1.807) is 17.1 Å². The van der Waals surface area contributed by atoms with E-state index >= 15 is 0 Å². The van der Waals surface area contributed by atoms with Crippen LogP contribution in [0, 0.1) is 5.92 Å². The van der Waals surface area contributed by atoms with Crippen LogP contribution in [0.25, 0.3) is 16.7 Å². The van der Waals surface area contributed by atoms with Gasteiger partial charge in [0.15, 0.2) is 11.5 Å². The highest BCUT2D eigenvalue weighted by Crippen LogP contribution is 2.23. The number of carbonyl (C=O) groups excluding carboxylic acids is 1. The lowest BCUT2D eigenvalue weighted by atomic mass is 9.96. The molecule has 0 aliphatic carbocycles. The van der Waals surface area contributed by atoms with Crippen molar-refractivity contribution in [3.05, 3.63) is 65.1 Å². The number of aromatic nitrogens is 7. The zero-order valence-electron chi connectivity index (χ0n) is 17.1. The third-order valence-corrected chi connectivity index (χ3v) is 5.80. The lowest BCUT2D eigenvalue weighted by Crippen LogP contribution is -2.40. The molecule has 1 fully saturated rings. The third-order valence-electron chi connectivity index (χ3n) is 5.80. The fraction of sp³-hybridized carbons (Fsp3) is 0.333. The normalized spacial score (nSPS) is 14.9. The Morgan fingerprint density at radius 2 is 1.90 bits per heavy atom.